The molecule has 3 nitrogen and oxygen atoms in total. The van der Waals surface area contributed by atoms with Crippen LogP contribution in [-0.4, -0.2) is 15.4 Å². The van der Waals surface area contributed by atoms with Crippen molar-refractivity contribution in [2.45, 2.75) is 24.5 Å². The normalized spacial score (nSPS) is 13.6. The summed E-state index contributed by atoms with van der Waals surface area (Å²) >= 11 is 1.56. The molecular weight excluding hydrogens is 309 g/mol. The summed E-state index contributed by atoms with van der Waals surface area (Å²) in [6.07, 6.45) is 0. The van der Waals surface area contributed by atoms with E-state index in [0.717, 1.165) is 10.4 Å². The Kier molecular flexibility index (Phi) is 5.64. The van der Waals surface area contributed by atoms with Crippen LogP contribution in [0, 0.1) is 5.82 Å². The van der Waals surface area contributed by atoms with Crippen LogP contribution in [0.1, 0.15) is 17.4 Å². The highest BCUT2D eigenvalue weighted by atomic mass is 32.2. The van der Waals surface area contributed by atoms with Gasteiger partial charge in [-0.3, -0.25) is 9.00 Å². The molecule has 1 heterocycles. The number of carbonyl (C=O) groups is 1. The maximum Gasteiger partial charge on any atom is 0.235 e. The third kappa shape index (κ3) is 4.75. The lowest BCUT2D eigenvalue weighted by Crippen LogP contribution is -2.35. The molecule has 2 atom stereocenters. The molecule has 1 N–H and O–H groups in total. The second-order valence-electron chi connectivity index (χ2n) is 4.59. The van der Waals surface area contributed by atoms with Gasteiger partial charge < -0.3 is 5.32 Å². The third-order valence-electron chi connectivity index (χ3n) is 3.00. The first-order valence-corrected chi connectivity index (χ1v) is 8.74. The topological polar surface area (TPSA) is 46.2 Å². The number of hydrogen-bond acceptors (Lipinski definition) is 3. The molecule has 2 rings (SSSR count). The number of amides is 1. The second-order valence-corrected chi connectivity index (χ2v) is 7.38. The van der Waals surface area contributed by atoms with Gasteiger partial charge in [0.25, 0.3) is 0 Å². The average Bonchev–Trinajstić information content (AvgIpc) is 2.99. The minimum absolute atomic E-state index is 0.233. The summed E-state index contributed by atoms with van der Waals surface area (Å²) < 4.78 is 25.0. The zero-order chi connectivity index (χ0) is 15.2. The Labute approximate surface area is 129 Å². The molecule has 2 unspecified atom stereocenters. The molecule has 0 aliphatic carbocycles. The number of hydrogen-bond donors (Lipinski definition) is 1. The maximum absolute atomic E-state index is 12.8. The summed E-state index contributed by atoms with van der Waals surface area (Å²) in [6.45, 7) is 2.10. The lowest BCUT2D eigenvalue weighted by Gasteiger charge is -2.11. The van der Waals surface area contributed by atoms with Crippen LogP contribution in [0.25, 0.3) is 0 Å². The summed E-state index contributed by atoms with van der Waals surface area (Å²) in [5, 5.41) is 4.12. The van der Waals surface area contributed by atoms with E-state index in [0.29, 0.717) is 6.54 Å². The minimum Gasteiger partial charge on any atom is -0.350 e. The van der Waals surface area contributed by atoms with Crippen molar-refractivity contribution < 1.29 is 13.4 Å². The van der Waals surface area contributed by atoms with Gasteiger partial charge in [-0.15, -0.1) is 11.3 Å². The van der Waals surface area contributed by atoms with E-state index < -0.39 is 16.0 Å². The first-order valence-electron chi connectivity index (χ1n) is 6.48. The van der Waals surface area contributed by atoms with Gasteiger partial charge in [-0.2, -0.15) is 0 Å². The van der Waals surface area contributed by atoms with E-state index in [4.69, 9.17) is 0 Å². The van der Waals surface area contributed by atoms with Gasteiger partial charge in [0, 0.05) is 21.4 Å². The maximum atomic E-state index is 12.8. The Bertz CT molecular complexity index is 611. The molecule has 1 aromatic carbocycles. The van der Waals surface area contributed by atoms with Crippen molar-refractivity contribution in [3.63, 3.8) is 0 Å². The molecule has 0 spiro atoms. The fourth-order valence-electron chi connectivity index (χ4n) is 1.72. The standard InChI is InChI=1S/C15H16FNO2S2/c1-11(15(18)17-9-14-3-2-8-20-14)21(19)10-12-4-6-13(16)7-5-12/h2-8,11H,9-10H2,1H3,(H,17,18). The molecular formula is C15H16FNO2S2. The zero-order valence-corrected chi connectivity index (χ0v) is 13.2. The Morgan fingerprint density at radius 2 is 2.05 bits per heavy atom. The Morgan fingerprint density at radius 3 is 2.67 bits per heavy atom. The van der Waals surface area contributed by atoms with E-state index >= 15 is 0 Å². The molecule has 21 heavy (non-hydrogen) atoms. The fraction of sp³-hybridized carbons (Fsp3) is 0.267. The smallest absolute Gasteiger partial charge is 0.235 e. The monoisotopic (exact) mass is 325 g/mol. The zero-order valence-electron chi connectivity index (χ0n) is 11.5. The number of benzene rings is 1. The van der Waals surface area contributed by atoms with E-state index in [2.05, 4.69) is 5.32 Å². The summed E-state index contributed by atoms with van der Waals surface area (Å²) in [4.78, 5) is 13.0. The lowest BCUT2D eigenvalue weighted by molar-refractivity contribution is -0.120. The van der Waals surface area contributed by atoms with Crippen molar-refractivity contribution >= 4 is 28.0 Å². The predicted octanol–water partition coefficient (Wildman–Crippen LogP) is 2.84. The molecule has 0 saturated carbocycles. The van der Waals surface area contributed by atoms with Crippen LogP contribution in [0.15, 0.2) is 41.8 Å². The Balaban J connectivity index is 1.86. The van der Waals surface area contributed by atoms with E-state index in [1.807, 2.05) is 17.5 Å². The van der Waals surface area contributed by atoms with Gasteiger partial charge in [0.1, 0.15) is 11.1 Å². The van der Waals surface area contributed by atoms with Crippen LogP contribution in [0.4, 0.5) is 4.39 Å². The van der Waals surface area contributed by atoms with Crippen molar-refractivity contribution in [2.24, 2.45) is 0 Å². The van der Waals surface area contributed by atoms with E-state index in [1.165, 1.54) is 12.1 Å². The number of halogens is 1. The van der Waals surface area contributed by atoms with Gasteiger partial charge >= 0.3 is 0 Å². The van der Waals surface area contributed by atoms with Gasteiger partial charge in [0.05, 0.1) is 6.54 Å². The van der Waals surface area contributed by atoms with Gasteiger partial charge in [0.15, 0.2) is 0 Å². The number of carbonyl (C=O) groups excluding carboxylic acids is 1. The third-order valence-corrected chi connectivity index (χ3v) is 5.50. The summed E-state index contributed by atoms with van der Waals surface area (Å²) in [6, 6.07) is 9.68. The molecule has 2 aromatic rings. The highest BCUT2D eigenvalue weighted by Crippen LogP contribution is 2.10. The number of rotatable bonds is 6. The van der Waals surface area contributed by atoms with Crippen molar-refractivity contribution in [3.8, 4) is 0 Å². The van der Waals surface area contributed by atoms with Crippen molar-refractivity contribution in [1.29, 1.82) is 0 Å². The molecule has 0 fully saturated rings. The molecule has 1 amide bonds. The largest absolute Gasteiger partial charge is 0.350 e. The first-order chi connectivity index (χ1) is 10.1. The van der Waals surface area contributed by atoms with E-state index in [9.17, 15) is 13.4 Å². The van der Waals surface area contributed by atoms with Crippen LogP contribution in [-0.2, 0) is 27.9 Å². The van der Waals surface area contributed by atoms with E-state index in [-0.39, 0.29) is 17.5 Å². The summed E-state index contributed by atoms with van der Waals surface area (Å²) in [5.74, 6) is -0.316. The van der Waals surface area contributed by atoms with Crippen molar-refractivity contribution in [2.75, 3.05) is 0 Å². The van der Waals surface area contributed by atoms with Crippen LogP contribution >= 0.6 is 11.3 Å². The molecule has 0 bridgehead atoms. The van der Waals surface area contributed by atoms with Crippen molar-refractivity contribution in [3.05, 3.63) is 58.0 Å². The van der Waals surface area contributed by atoms with Gasteiger partial charge in [-0.25, -0.2) is 4.39 Å². The Morgan fingerprint density at radius 1 is 1.33 bits per heavy atom. The quantitative estimate of drug-likeness (QED) is 0.888. The van der Waals surface area contributed by atoms with Gasteiger partial charge in [-0.1, -0.05) is 18.2 Å². The van der Waals surface area contributed by atoms with E-state index in [1.54, 1.807) is 30.4 Å². The lowest BCUT2D eigenvalue weighted by atomic mass is 10.2. The molecule has 0 aliphatic rings. The summed E-state index contributed by atoms with van der Waals surface area (Å²) in [5.41, 5.74) is 0.757. The highest BCUT2D eigenvalue weighted by Gasteiger charge is 2.20. The molecule has 6 heteroatoms. The molecule has 0 radical (unpaired) electrons. The van der Waals surface area contributed by atoms with Gasteiger partial charge in [-0.05, 0) is 36.1 Å². The second kappa shape index (κ2) is 7.47. The number of thiophene rings is 1. The Hall–Kier alpha value is -1.53. The van der Waals surface area contributed by atoms with Crippen molar-refractivity contribution in [1.82, 2.24) is 5.32 Å². The fourth-order valence-corrected chi connectivity index (χ4v) is 3.46. The predicted molar refractivity (Wildman–Crippen MR) is 83.9 cm³/mol. The van der Waals surface area contributed by atoms with Crippen LogP contribution in [0.3, 0.4) is 0 Å². The molecule has 112 valence electrons. The van der Waals surface area contributed by atoms with Gasteiger partial charge in [0.2, 0.25) is 5.91 Å². The van der Waals surface area contributed by atoms with Crippen LogP contribution < -0.4 is 5.32 Å². The summed E-state index contributed by atoms with van der Waals surface area (Å²) in [7, 11) is -1.33. The SMILES string of the molecule is CC(C(=O)NCc1cccs1)S(=O)Cc1ccc(F)cc1. The van der Waals surface area contributed by atoms with Crippen LogP contribution in [0.5, 0.6) is 0 Å². The molecule has 0 saturated heterocycles. The van der Waals surface area contributed by atoms with Crippen LogP contribution in [0.2, 0.25) is 0 Å². The first kappa shape index (κ1) is 15.9. The average molecular weight is 325 g/mol. The number of nitrogens with one attached hydrogen (secondary N) is 1. The minimum atomic E-state index is -1.33. The molecule has 1 aromatic heterocycles. The molecule has 0 aliphatic heterocycles. The highest BCUT2D eigenvalue weighted by molar-refractivity contribution is 7.85.